The number of terminal acetylenes is 1. The lowest BCUT2D eigenvalue weighted by molar-refractivity contribution is -0.120. The van der Waals surface area contributed by atoms with Crippen molar-refractivity contribution in [1.29, 1.82) is 0 Å². The lowest BCUT2D eigenvalue weighted by atomic mass is 10.1. The van der Waals surface area contributed by atoms with Gasteiger partial charge in [-0.15, -0.1) is 6.42 Å². The zero-order valence-corrected chi connectivity index (χ0v) is 10.1. The third-order valence-electron chi connectivity index (χ3n) is 2.30. The van der Waals surface area contributed by atoms with E-state index in [0.29, 0.717) is 6.54 Å². The van der Waals surface area contributed by atoms with Gasteiger partial charge in [0.2, 0.25) is 5.91 Å². The summed E-state index contributed by atoms with van der Waals surface area (Å²) in [4.78, 5) is 11.5. The number of benzene rings is 1. The molecule has 0 spiro atoms. The highest BCUT2D eigenvalue weighted by Crippen LogP contribution is 2.02. The van der Waals surface area contributed by atoms with Gasteiger partial charge in [0.1, 0.15) is 0 Å². The molecule has 17 heavy (non-hydrogen) atoms. The SMILES string of the molecule is C#CCNCC(=O)NC(C)Cc1ccccc1. The average Bonchev–Trinajstić information content (AvgIpc) is 2.30. The highest BCUT2D eigenvalue weighted by atomic mass is 16.1. The Kier molecular flexibility index (Phi) is 5.84. The third kappa shape index (κ3) is 5.74. The van der Waals surface area contributed by atoms with Gasteiger partial charge in [-0.25, -0.2) is 0 Å². The van der Waals surface area contributed by atoms with Gasteiger partial charge in [0.05, 0.1) is 13.1 Å². The first-order chi connectivity index (χ1) is 8.22. The molecule has 0 fully saturated rings. The molecular weight excluding hydrogens is 212 g/mol. The van der Waals surface area contributed by atoms with Gasteiger partial charge in [0, 0.05) is 6.04 Å². The Morgan fingerprint density at radius 1 is 1.41 bits per heavy atom. The van der Waals surface area contributed by atoms with Crippen LogP contribution in [0.3, 0.4) is 0 Å². The fourth-order valence-electron chi connectivity index (χ4n) is 1.59. The second-order valence-corrected chi connectivity index (χ2v) is 3.97. The molecule has 1 unspecified atom stereocenters. The van der Waals surface area contributed by atoms with Crippen molar-refractivity contribution in [2.45, 2.75) is 19.4 Å². The van der Waals surface area contributed by atoms with Gasteiger partial charge in [0.25, 0.3) is 0 Å². The fourth-order valence-corrected chi connectivity index (χ4v) is 1.59. The Morgan fingerprint density at radius 2 is 2.12 bits per heavy atom. The lowest BCUT2D eigenvalue weighted by Crippen LogP contribution is -2.40. The lowest BCUT2D eigenvalue weighted by Gasteiger charge is -2.13. The Hall–Kier alpha value is -1.79. The summed E-state index contributed by atoms with van der Waals surface area (Å²) < 4.78 is 0. The summed E-state index contributed by atoms with van der Waals surface area (Å²) in [5.74, 6) is 2.40. The second kappa shape index (κ2) is 7.48. The van der Waals surface area contributed by atoms with Gasteiger partial charge in [-0.05, 0) is 18.9 Å². The van der Waals surface area contributed by atoms with Crippen LogP contribution in [0.25, 0.3) is 0 Å². The number of rotatable bonds is 6. The van der Waals surface area contributed by atoms with Gasteiger partial charge in [-0.2, -0.15) is 0 Å². The molecule has 1 atom stereocenters. The van der Waals surface area contributed by atoms with Crippen molar-refractivity contribution in [2.75, 3.05) is 13.1 Å². The maximum Gasteiger partial charge on any atom is 0.234 e. The fraction of sp³-hybridized carbons (Fsp3) is 0.357. The normalized spacial score (nSPS) is 11.5. The van der Waals surface area contributed by atoms with Crippen LogP contribution in [0.15, 0.2) is 30.3 Å². The number of hydrogen-bond donors (Lipinski definition) is 2. The Labute approximate surface area is 103 Å². The van der Waals surface area contributed by atoms with Crippen LogP contribution in [0.1, 0.15) is 12.5 Å². The summed E-state index contributed by atoms with van der Waals surface area (Å²) in [6, 6.07) is 10.2. The Bertz CT molecular complexity index is 381. The van der Waals surface area contributed by atoms with Crippen LogP contribution >= 0.6 is 0 Å². The molecule has 3 nitrogen and oxygen atoms in total. The predicted molar refractivity (Wildman–Crippen MR) is 69.5 cm³/mol. The first-order valence-electron chi connectivity index (χ1n) is 5.70. The van der Waals surface area contributed by atoms with E-state index in [4.69, 9.17) is 6.42 Å². The molecule has 2 N–H and O–H groups in total. The molecular formula is C14H18N2O. The van der Waals surface area contributed by atoms with E-state index in [0.717, 1.165) is 6.42 Å². The van der Waals surface area contributed by atoms with E-state index < -0.39 is 0 Å². The molecule has 0 aliphatic heterocycles. The largest absolute Gasteiger partial charge is 0.352 e. The van der Waals surface area contributed by atoms with Gasteiger partial charge < -0.3 is 5.32 Å². The molecule has 0 aromatic heterocycles. The summed E-state index contributed by atoms with van der Waals surface area (Å²) in [6.45, 7) is 2.68. The molecule has 90 valence electrons. The first-order valence-corrected chi connectivity index (χ1v) is 5.70. The van der Waals surface area contributed by atoms with Gasteiger partial charge in [0.15, 0.2) is 0 Å². The average molecular weight is 230 g/mol. The van der Waals surface area contributed by atoms with E-state index in [-0.39, 0.29) is 18.5 Å². The van der Waals surface area contributed by atoms with Crippen LogP contribution in [-0.2, 0) is 11.2 Å². The van der Waals surface area contributed by atoms with Gasteiger partial charge in [-0.3, -0.25) is 10.1 Å². The van der Waals surface area contributed by atoms with Crippen molar-refractivity contribution in [2.24, 2.45) is 0 Å². The standard InChI is InChI=1S/C14H18N2O/c1-3-9-15-11-14(17)16-12(2)10-13-7-5-4-6-8-13/h1,4-8,12,15H,9-11H2,2H3,(H,16,17). The number of hydrogen-bond acceptors (Lipinski definition) is 2. The number of nitrogens with one attached hydrogen (secondary N) is 2. The minimum absolute atomic E-state index is 0.0244. The number of amides is 1. The topological polar surface area (TPSA) is 41.1 Å². The molecule has 1 aromatic rings. The first kappa shape index (κ1) is 13.3. The molecule has 0 aliphatic carbocycles. The molecule has 0 radical (unpaired) electrons. The van der Waals surface area contributed by atoms with E-state index in [9.17, 15) is 4.79 Å². The van der Waals surface area contributed by atoms with Crippen molar-refractivity contribution in [3.8, 4) is 12.3 Å². The van der Waals surface area contributed by atoms with Crippen molar-refractivity contribution in [1.82, 2.24) is 10.6 Å². The van der Waals surface area contributed by atoms with E-state index in [1.165, 1.54) is 5.56 Å². The molecule has 0 aliphatic rings. The number of carbonyl (C=O) groups excluding carboxylic acids is 1. The van der Waals surface area contributed by atoms with Crippen molar-refractivity contribution in [3.05, 3.63) is 35.9 Å². The zero-order chi connectivity index (χ0) is 12.5. The molecule has 1 aromatic carbocycles. The summed E-state index contributed by atoms with van der Waals surface area (Å²) in [5.41, 5.74) is 1.22. The zero-order valence-electron chi connectivity index (χ0n) is 10.1. The van der Waals surface area contributed by atoms with Crippen LogP contribution in [0.5, 0.6) is 0 Å². The number of carbonyl (C=O) groups is 1. The summed E-state index contributed by atoms with van der Waals surface area (Å²) in [6.07, 6.45) is 5.91. The van der Waals surface area contributed by atoms with Gasteiger partial charge >= 0.3 is 0 Å². The highest BCUT2D eigenvalue weighted by Gasteiger charge is 2.07. The molecule has 1 amide bonds. The second-order valence-electron chi connectivity index (χ2n) is 3.97. The summed E-state index contributed by atoms with van der Waals surface area (Å²) in [7, 11) is 0. The van der Waals surface area contributed by atoms with E-state index in [1.54, 1.807) is 0 Å². The summed E-state index contributed by atoms with van der Waals surface area (Å²) >= 11 is 0. The predicted octanol–water partition coefficient (Wildman–Crippen LogP) is 0.957. The molecule has 1 rings (SSSR count). The van der Waals surface area contributed by atoms with E-state index >= 15 is 0 Å². The molecule has 3 heteroatoms. The van der Waals surface area contributed by atoms with E-state index in [2.05, 4.69) is 28.7 Å². The van der Waals surface area contributed by atoms with E-state index in [1.807, 2.05) is 25.1 Å². The Morgan fingerprint density at radius 3 is 2.76 bits per heavy atom. The minimum atomic E-state index is -0.0244. The van der Waals surface area contributed by atoms with Crippen LogP contribution in [0.4, 0.5) is 0 Å². The Balaban J connectivity index is 2.27. The molecule has 0 saturated heterocycles. The van der Waals surface area contributed by atoms with Crippen LogP contribution in [0, 0.1) is 12.3 Å². The maximum absolute atomic E-state index is 11.5. The minimum Gasteiger partial charge on any atom is -0.352 e. The van der Waals surface area contributed by atoms with Gasteiger partial charge in [-0.1, -0.05) is 36.3 Å². The van der Waals surface area contributed by atoms with Crippen molar-refractivity contribution in [3.63, 3.8) is 0 Å². The third-order valence-corrected chi connectivity index (χ3v) is 2.30. The van der Waals surface area contributed by atoms with Crippen LogP contribution < -0.4 is 10.6 Å². The van der Waals surface area contributed by atoms with Crippen LogP contribution in [0.2, 0.25) is 0 Å². The van der Waals surface area contributed by atoms with Crippen LogP contribution in [-0.4, -0.2) is 25.0 Å². The summed E-state index contributed by atoms with van der Waals surface area (Å²) in [5, 5.41) is 5.77. The highest BCUT2D eigenvalue weighted by molar-refractivity contribution is 5.78. The molecule has 0 heterocycles. The molecule has 0 saturated carbocycles. The quantitative estimate of drug-likeness (QED) is 0.564. The smallest absolute Gasteiger partial charge is 0.234 e. The monoisotopic (exact) mass is 230 g/mol. The van der Waals surface area contributed by atoms with Crippen molar-refractivity contribution >= 4 is 5.91 Å². The molecule has 0 bridgehead atoms. The van der Waals surface area contributed by atoms with Crippen molar-refractivity contribution < 1.29 is 4.79 Å². The maximum atomic E-state index is 11.5.